The van der Waals surface area contributed by atoms with E-state index in [4.69, 9.17) is 24.9 Å². The third-order valence-electron chi connectivity index (χ3n) is 12.5. The Balaban J connectivity index is 1.28. The first-order valence-corrected chi connectivity index (χ1v) is 20.8. The number of cyclic esters (lactones) is 1. The van der Waals surface area contributed by atoms with Gasteiger partial charge in [0.2, 0.25) is 0 Å². The number of hydrogen-bond acceptors (Lipinski definition) is 11. The summed E-state index contributed by atoms with van der Waals surface area (Å²) in [5, 5.41) is 2.11. The highest BCUT2D eigenvalue weighted by Gasteiger charge is 2.38. The molecule has 0 unspecified atom stereocenters. The van der Waals surface area contributed by atoms with Crippen LogP contribution < -0.4 is 21.0 Å². The summed E-state index contributed by atoms with van der Waals surface area (Å²) in [5.74, 6) is -0.811. The molecule has 0 radical (unpaired) electrons. The molecule has 3 saturated heterocycles. The molecule has 1 aromatic carbocycles. The van der Waals surface area contributed by atoms with Gasteiger partial charge in [-0.1, -0.05) is 13.8 Å². The highest BCUT2D eigenvalue weighted by molar-refractivity contribution is 5.95. The standard InChI is InChI=1S/C42H57F3N8O5/c1-26(56-4)37-32(19-29(22-47-37)50-14-12-49(13-15-50)27-7-8-27)38-33-21-41(2,3)25-58-40(55)35-6-5-11-53(48-35)39(54)34(46)20-30-23-51(16-17-57-30)28-9-10-36(31(33)18-28)52(38)24-42(43,44)45/h9-10,18-19,22,26-27,30,34-35,48H,5-8,11-17,20-21,23-25,46H2,1-4H3/t26-,30-,34-,35-/m0/s1. The van der Waals surface area contributed by atoms with Crippen molar-refractivity contribution in [2.75, 3.05) is 75.9 Å². The molecule has 0 spiro atoms. The molecule has 1 aliphatic carbocycles. The Hall–Kier alpha value is -3.96. The first kappa shape index (κ1) is 40.8. The third-order valence-corrected chi connectivity index (χ3v) is 12.5. The minimum absolute atomic E-state index is 0.00140. The Morgan fingerprint density at radius 3 is 2.53 bits per heavy atom. The van der Waals surface area contributed by atoms with Crippen LogP contribution in [0.4, 0.5) is 24.5 Å². The summed E-state index contributed by atoms with van der Waals surface area (Å²) >= 11 is 0. The van der Waals surface area contributed by atoms with E-state index in [9.17, 15) is 22.8 Å². The Morgan fingerprint density at radius 1 is 1.03 bits per heavy atom. The average molecular weight is 811 g/mol. The maximum atomic E-state index is 14.9. The second-order valence-electron chi connectivity index (χ2n) is 17.5. The summed E-state index contributed by atoms with van der Waals surface area (Å²) in [6, 6.07) is 6.67. The lowest BCUT2D eigenvalue weighted by atomic mass is 9.84. The van der Waals surface area contributed by atoms with Gasteiger partial charge in [-0.05, 0) is 75.3 Å². The lowest BCUT2D eigenvalue weighted by Gasteiger charge is -2.37. The second-order valence-corrected chi connectivity index (χ2v) is 17.5. The van der Waals surface area contributed by atoms with Gasteiger partial charge < -0.3 is 34.3 Å². The van der Waals surface area contributed by atoms with Gasteiger partial charge in [0, 0.05) is 86.5 Å². The number of morpholine rings is 1. The van der Waals surface area contributed by atoms with Gasteiger partial charge in [-0.15, -0.1) is 0 Å². The predicted molar refractivity (Wildman–Crippen MR) is 214 cm³/mol. The topological polar surface area (TPSA) is 131 Å². The Bertz CT molecular complexity index is 1990. The van der Waals surface area contributed by atoms with Crippen molar-refractivity contribution in [1.82, 2.24) is 24.9 Å². The number of benzene rings is 1. The molecule has 13 nitrogen and oxygen atoms in total. The largest absolute Gasteiger partial charge is 0.464 e. The molecule has 2 aromatic heterocycles. The number of amides is 1. The first-order chi connectivity index (χ1) is 27.7. The van der Waals surface area contributed by atoms with Crippen molar-refractivity contribution in [2.45, 2.75) is 102 Å². The van der Waals surface area contributed by atoms with E-state index < -0.39 is 42.3 Å². The van der Waals surface area contributed by atoms with Gasteiger partial charge in [-0.3, -0.25) is 24.5 Å². The molecule has 8 rings (SSSR count). The SMILES string of the molecule is CO[C@@H](C)c1ncc(N2CCN(C3CC3)CC2)cc1-c1c2c3cc(ccc3n1CC(F)(F)F)N1CCO[C@@H](C[C@H](N)C(=O)N3CCC[C@H](N3)C(=O)OCC(C)(C)C2)C1. The number of alkyl halides is 3. The van der Waals surface area contributed by atoms with Gasteiger partial charge in [0.1, 0.15) is 12.6 Å². The van der Waals surface area contributed by atoms with E-state index in [1.54, 1.807) is 13.2 Å². The van der Waals surface area contributed by atoms with Crippen molar-refractivity contribution < 1.29 is 37.0 Å². The zero-order valence-electron chi connectivity index (χ0n) is 34.0. The van der Waals surface area contributed by atoms with Crippen LogP contribution in [0.2, 0.25) is 0 Å². The number of methoxy groups -OCH3 is 1. The molecule has 3 N–H and O–H groups in total. The number of pyridine rings is 1. The molecule has 1 amide bonds. The quantitative estimate of drug-likeness (QED) is 0.333. The number of piperazine rings is 1. The van der Waals surface area contributed by atoms with Gasteiger partial charge in [0.15, 0.2) is 0 Å². The highest BCUT2D eigenvalue weighted by atomic mass is 19.4. The van der Waals surface area contributed by atoms with Crippen LogP contribution in [0.1, 0.15) is 70.2 Å². The average Bonchev–Trinajstić information content (AvgIpc) is 4.03. The molecular formula is C42H57F3N8O5. The van der Waals surface area contributed by atoms with Crippen LogP contribution in [-0.2, 0) is 36.8 Å². The minimum atomic E-state index is -4.54. The van der Waals surface area contributed by atoms with Crippen molar-refractivity contribution in [3.63, 3.8) is 0 Å². The number of anilines is 2. The fourth-order valence-electron chi connectivity index (χ4n) is 9.18. The summed E-state index contributed by atoms with van der Waals surface area (Å²) in [6.45, 7) is 9.81. The van der Waals surface area contributed by atoms with Crippen molar-refractivity contribution in [2.24, 2.45) is 11.1 Å². The fourth-order valence-corrected chi connectivity index (χ4v) is 9.18. The fraction of sp³-hybridized carbons (Fsp3) is 0.643. The number of nitrogens with two attached hydrogens (primary N) is 1. The van der Waals surface area contributed by atoms with E-state index in [2.05, 4.69) is 20.1 Å². The Morgan fingerprint density at radius 2 is 1.81 bits per heavy atom. The maximum Gasteiger partial charge on any atom is 0.406 e. The van der Waals surface area contributed by atoms with Gasteiger partial charge >= 0.3 is 12.1 Å². The molecule has 6 heterocycles. The lowest BCUT2D eigenvalue weighted by molar-refractivity contribution is -0.155. The lowest BCUT2D eigenvalue weighted by Crippen LogP contribution is -2.59. The van der Waals surface area contributed by atoms with Crippen LogP contribution in [0, 0.1) is 5.41 Å². The number of aromatic nitrogens is 2. The van der Waals surface area contributed by atoms with E-state index in [0.717, 1.165) is 37.6 Å². The molecule has 3 aromatic rings. The van der Waals surface area contributed by atoms with E-state index in [0.29, 0.717) is 78.5 Å². The molecular weight excluding hydrogens is 754 g/mol. The van der Waals surface area contributed by atoms with Crippen LogP contribution in [-0.4, -0.2) is 128 Å². The molecule has 4 aliphatic heterocycles. The zero-order valence-corrected chi connectivity index (χ0v) is 34.0. The smallest absolute Gasteiger partial charge is 0.406 e. The summed E-state index contributed by atoms with van der Waals surface area (Å²) in [6.07, 6.45) is 0.483. The number of ether oxygens (including phenoxy) is 3. The summed E-state index contributed by atoms with van der Waals surface area (Å²) in [7, 11) is 1.58. The van der Waals surface area contributed by atoms with E-state index >= 15 is 0 Å². The Kier molecular flexibility index (Phi) is 11.4. The summed E-state index contributed by atoms with van der Waals surface area (Å²) in [4.78, 5) is 38.9. The van der Waals surface area contributed by atoms with E-state index in [1.165, 1.54) is 22.4 Å². The summed E-state index contributed by atoms with van der Waals surface area (Å²) in [5.41, 5.74) is 13.2. The molecule has 1 saturated carbocycles. The first-order valence-electron chi connectivity index (χ1n) is 20.8. The van der Waals surface area contributed by atoms with Gasteiger partial charge in [-0.25, -0.2) is 5.43 Å². The number of esters is 1. The van der Waals surface area contributed by atoms with Crippen LogP contribution in [0.25, 0.3) is 22.2 Å². The number of fused-ring (bicyclic) bond motifs is 6. The van der Waals surface area contributed by atoms with Crippen LogP contribution in [0.3, 0.4) is 0 Å². The van der Waals surface area contributed by atoms with Crippen molar-refractivity contribution in [3.8, 4) is 11.3 Å². The van der Waals surface area contributed by atoms with Crippen LogP contribution >= 0.6 is 0 Å². The zero-order chi connectivity index (χ0) is 40.9. The number of nitrogens with zero attached hydrogens (tertiary/aromatic N) is 6. The minimum Gasteiger partial charge on any atom is -0.464 e. The van der Waals surface area contributed by atoms with E-state index in [-0.39, 0.29) is 31.5 Å². The number of halogens is 3. The highest BCUT2D eigenvalue weighted by Crippen LogP contribution is 2.44. The molecule has 4 atom stereocenters. The molecule has 4 fully saturated rings. The third kappa shape index (κ3) is 8.67. The molecule has 58 heavy (non-hydrogen) atoms. The normalized spacial score (nSPS) is 25.8. The number of hydrogen-bond donors (Lipinski definition) is 2. The maximum absolute atomic E-state index is 14.9. The molecule has 6 bridgehead atoms. The molecule has 16 heteroatoms. The van der Waals surface area contributed by atoms with Crippen LogP contribution in [0.15, 0.2) is 30.5 Å². The van der Waals surface area contributed by atoms with E-state index in [1.807, 2.05) is 45.2 Å². The molecule has 5 aliphatic rings. The van der Waals surface area contributed by atoms with Crippen molar-refractivity contribution in [3.05, 3.63) is 41.7 Å². The Labute approximate surface area is 337 Å². The summed E-state index contributed by atoms with van der Waals surface area (Å²) < 4.78 is 63.9. The second kappa shape index (κ2) is 16.2. The monoisotopic (exact) mass is 810 g/mol. The van der Waals surface area contributed by atoms with Gasteiger partial charge in [0.05, 0.1) is 54.7 Å². The predicted octanol–water partition coefficient (Wildman–Crippen LogP) is 4.80. The number of rotatable bonds is 6. The molecule has 316 valence electrons. The number of carbonyl (C=O) groups excluding carboxylic acids is 2. The van der Waals surface area contributed by atoms with Crippen LogP contribution in [0.5, 0.6) is 0 Å². The number of hydrazine groups is 1. The van der Waals surface area contributed by atoms with Crippen molar-refractivity contribution >= 4 is 34.2 Å². The van der Waals surface area contributed by atoms with Gasteiger partial charge in [-0.2, -0.15) is 13.2 Å². The number of carbonyl (C=O) groups is 2. The number of nitrogens with one attached hydrogen (secondary N) is 1. The van der Waals surface area contributed by atoms with Crippen molar-refractivity contribution in [1.29, 1.82) is 0 Å². The van der Waals surface area contributed by atoms with Gasteiger partial charge in [0.25, 0.3) is 5.91 Å².